The van der Waals surface area contributed by atoms with Crippen molar-refractivity contribution in [1.29, 1.82) is 0 Å². The van der Waals surface area contributed by atoms with Gasteiger partial charge in [0.05, 0.1) is 22.3 Å². The molecule has 0 atom stereocenters. The van der Waals surface area contributed by atoms with Crippen molar-refractivity contribution < 1.29 is 4.79 Å². The number of hydrogen-bond donors (Lipinski definition) is 1. The third-order valence-electron chi connectivity index (χ3n) is 4.64. The normalized spacial score (nSPS) is 11.3. The van der Waals surface area contributed by atoms with Gasteiger partial charge in [-0.05, 0) is 36.9 Å². The Bertz CT molecular complexity index is 1280. The van der Waals surface area contributed by atoms with E-state index in [0.717, 1.165) is 22.5 Å². The first-order valence-corrected chi connectivity index (χ1v) is 11.8. The predicted octanol–water partition coefficient (Wildman–Crippen LogP) is 3.91. The maximum absolute atomic E-state index is 12.9. The van der Waals surface area contributed by atoms with Gasteiger partial charge in [0.2, 0.25) is 11.7 Å². The monoisotopic (exact) mass is 439 g/mol. The summed E-state index contributed by atoms with van der Waals surface area (Å²) in [6.07, 6.45) is 2.78. The molecule has 0 unspecified atom stereocenters. The Hall–Kier alpha value is -2.78. The summed E-state index contributed by atoms with van der Waals surface area (Å²) in [7, 11) is 0. The molecule has 9 heteroatoms. The molecule has 0 bridgehead atoms. The molecule has 2 aromatic carbocycles. The summed E-state index contributed by atoms with van der Waals surface area (Å²) < 4.78 is 3.51. The zero-order chi connectivity index (χ0) is 21.1. The largest absolute Gasteiger partial charge is 0.324 e. The summed E-state index contributed by atoms with van der Waals surface area (Å²) >= 11 is 2.88. The molecule has 0 aliphatic heterocycles. The molecule has 2 aromatic heterocycles. The molecular formula is C21H21N5O2S2. The maximum atomic E-state index is 12.9. The van der Waals surface area contributed by atoms with Gasteiger partial charge in [-0.15, -0.1) is 22.0 Å². The highest BCUT2D eigenvalue weighted by Crippen LogP contribution is 2.26. The van der Waals surface area contributed by atoms with E-state index >= 15 is 0 Å². The fourth-order valence-corrected chi connectivity index (χ4v) is 4.61. The Morgan fingerprint density at radius 1 is 1.10 bits per heavy atom. The van der Waals surface area contributed by atoms with Crippen LogP contribution in [0.15, 0.2) is 63.4 Å². The minimum Gasteiger partial charge on any atom is -0.324 e. The van der Waals surface area contributed by atoms with Gasteiger partial charge in [0.1, 0.15) is 0 Å². The topological polar surface area (TPSA) is 81.3 Å². The third kappa shape index (κ3) is 3.82. The highest BCUT2D eigenvalue weighted by Gasteiger charge is 2.17. The zero-order valence-corrected chi connectivity index (χ0v) is 18.3. The molecule has 154 valence electrons. The molecule has 1 amide bonds. The molecule has 1 N–H and O–H groups in total. The number of carbonyl (C=O) groups excluding carboxylic acids is 1. The molecule has 4 rings (SSSR count). The number of fused-ring (bicyclic) bond motifs is 3. The van der Waals surface area contributed by atoms with Crippen molar-refractivity contribution in [3.05, 3.63) is 58.9 Å². The van der Waals surface area contributed by atoms with Gasteiger partial charge in [0.15, 0.2) is 5.16 Å². The van der Waals surface area contributed by atoms with E-state index in [2.05, 4.69) is 15.5 Å². The van der Waals surface area contributed by atoms with Crippen LogP contribution in [0.3, 0.4) is 0 Å². The third-order valence-corrected chi connectivity index (χ3v) is 6.36. The summed E-state index contributed by atoms with van der Waals surface area (Å²) in [5.41, 5.74) is 1.46. The van der Waals surface area contributed by atoms with E-state index in [-0.39, 0.29) is 17.2 Å². The number of amides is 1. The summed E-state index contributed by atoms with van der Waals surface area (Å²) in [5, 5.41) is 12.7. The van der Waals surface area contributed by atoms with E-state index in [0.29, 0.717) is 22.9 Å². The molecule has 0 saturated carbocycles. The van der Waals surface area contributed by atoms with Gasteiger partial charge in [0, 0.05) is 11.4 Å². The Balaban J connectivity index is 1.65. The van der Waals surface area contributed by atoms with Crippen LogP contribution in [0.4, 0.5) is 5.69 Å². The number of rotatable bonds is 7. The average molecular weight is 440 g/mol. The van der Waals surface area contributed by atoms with Gasteiger partial charge < -0.3 is 5.32 Å². The molecule has 0 aliphatic carbocycles. The Labute approximate surface area is 181 Å². The smallest absolute Gasteiger partial charge is 0.262 e. The Morgan fingerprint density at radius 2 is 1.87 bits per heavy atom. The minimum absolute atomic E-state index is 0.0738. The molecule has 0 saturated heterocycles. The lowest BCUT2D eigenvalue weighted by atomic mass is 10.2. The first-order valence-electron chi connectivity index (χ1n) is 9.56. The number of nitrogens with one attached hydrogen (secondary N) is 1. The van der Waals surface area contributed by atoms with E-state index in [1.807, 2.05) is 66.1 Å². The van der Waals surface area contributed by atoms with Crippen LogP contribution in [-0.2, 0) is 11.3 Å². The molecule has 0 spiro atoms. The molecular weight excluding hydrogens is 418 g/mol. The van der Waals surface area contributed by atoms with E-state index in [1.165, 1.54) is 11.8 Å². The number of aromatic nitrogens is 4. The average Bonchev–Trinajstić information content (AvgIpc) is 3.19. The maximum Gasteiger partial charge on any atom is 0.262 e. The van der Waals surface area contributed by atoms with Crippen LogP contribution >= 0.6 is 23.5 Å². The predicted molar refractivity (Wildman–Crippen MR) is 123 cm³/mol. The molecule has 30 heavy (non-hydrogen) atoms. The zero-order valence-electron chi connectivity index (χ0n) is 16.7. The molecule has 0 radical (unpaired) electrons. The van der Waals surface area contributed by atoms with Gasteiger partial charge in [-0.3, -0.25) is 18.6 Å². The molecule has 4 aromatic rings. The number of carbonyl (C=O) groups is 1. The highest BCUT2D eigenvalue weighted by atomic mass is 32.2. The Kier molecular flexibility index (Phi) is 6.10. The second-order valence-electron chi connectivity index (χ2n) is 6.63. The second kappa shape index (κ2) is 8.93. The number of para-hydroxylation sites is 2. The van der Waals surface area contributed by atoms with E-state index < -0.39 is 0 Å². The lowest BCUT2D eigenvalue weighted by Gasteiger charge is -2.11. The van der Waals surface area contributed by atoms with Crippen molar-refractivity contribution >= 4 is 51.8 Å². The van der Waals surface area contributed by atoms with Crippen molar-refractivity contribution in [3.8, 4) is 0 Å². The number of benzene rings is 2. The molecule has 2 heterocycles. The van der Waals surface area contributed by atoms with Crippen molar-refractivity contribution in [1.82, 2.24) is 19.2 Å². The lowest BCUT2D eigenvalue weighted by Crippen LogP contribution is -2.23. The van der Waals surface area contributed by atoms with E-state index in [1.54, 1.807) is 16.3 Å². The number of hydrogen-bond acceptors (Lipinski definition) is 6. The van der Waals surface area contributed by atoms with Crippen LogP contribution in [0.2, 0.25) is 0 Å². The first-order chi connectivity index (χ1) is 14.6. The van der Waals surface area contributed by atoms with Crippen LogP contribution in [0.5, 0.6) is 0 Å². The van der Waals surface area contributed by atoms with Crippen molar-refractivity contribution in [3.63, 3.8) is 0 Å². The van der Waals surface area contributed by atoms with Gasteiger partial charge in [-0.2, -0.15) is 0 Å². The fraction of sp³-hybridized carbons (Fsp3) is 0.238. The molecule has 7 nitrogen and oxygen atoms in total. The second-order valence-corrected chi connectivity index (χ2v) is 8.42. The number of nitrogens with zero attached hydrogens (tertiary/aromatic N) is 4. The van der Waals surface area contributed by atoms with Crippen molar-refractivity contribution in [2.75, 3.05) is 17.3 Å². The summed E-state index contributed by atoms with van der Waals surface area (Å²) in [4.78, 5) is 26.4. The van der Waals surface area contributed by atoms with Crippen LogP contribution < -0.4 is 10.9 Å². The van der Waals surface area contributed by atoms with E-state index in [9.17, 15) is 9.59 Å². The standard InChI is InChI=1S/C21H21N5O2S2/c1-3-12-25-19(28)14-8-4-6-10-16(14)26-20(25)23-24-21(26)30-13-18(27)22-15-9-5-7-11-17(15)29-2/h4-11H,3,12-13H2,1-2H3,(H,22,27). The van der Waals surface area contributed by atoms with E-state index in [4.69, 9.17) is 0 Å². The van der Waals surface area contributed by atoms with Gasteiger partial charge in [0.25, 0.3) is 5.56 Å². The number of anilines is 1. The number of thioether (sulfide) groups is 2. The van der Waals surface area contributed by atoms with Gasteiger partial charge in [-0.25, -0.2) is 0 Å². The van der Waals surface area contributed by atoms with Crippen LogP contribution in [0, 0.1) is 0 Å². The van der Waals surface area contributed by atoms with Crippen LogP contribution in [-0.4, -0.2) is 37.1 Å². The van der Waals surface area contributed by atoms with Gasteiger partial charge in [-0.1, -0.05) is 43.0 Å². The first kappa shape index (κ1) is 20.5. The lowest BCUT2D eigenvalue weighted by molar-refractivity contribution is -0.113. The SMILES string of the molecule is CCCn1c(=O)c2ccccc2n2c(SCC(=O)Nc3ccccc3SC)nnc12. The fourth-order valence-electron chi connectivity index (χ4n) is 3.32. The van der Waals surface area contributed by atoms with Crippen LogP contribution in [0.25, 0.3) is 16.7 Å². The van der Waals surface area contributed by atoms with Crippen molar-refractivity contribution in [2.45, 2.75) is 29.9 Å². The quantitative estimate of drug-likeness (QED) is 0.440. The summed E-state index contributed by atoms with van der Waals surface area (Å²) in [6, 6.07) is 15.1. The molecule has 0 aliphatic rings. The minimum atomic E-state index is -0.121. The summed E-state index contributed by atoms with van der Waals surface area (Å²) in [6.45, 7) is 2.57. The van der Waals surface area contributed by atoms with Crippen LogP contribution in [0.1, 0.15) is 13.3 Å². The van der Waals surface area contributed by atoms with Gasteiger partial charge >= 0.3 is 0 Å². The number of aryl methyl sites for hydroxylation is 1. The molecule has 0 fully saturated rings. The highest BCUT2D eigenvalue weighted by molar-refractivity contribution is 7.99. The van der Waals surface area contributed by atoms with Crippen molar-refractivity contribution in [2.24, 2.45) is 0 Å². The Morgan fingerprint density at radius 3 is 2.67 bits per heavy atom. The summed E-state index contributed by atoms with van der Waals surface area (Å²) in [5.74, 6) is 0.561.